The summed E-state index contributed by atoms with van der Waals surface area (Å²) in [4.78, 5) is 15.9. The fourth-order valence-corrected chi connectivity index (χ4v) is 3.53. The molecule has 0 aliphatic carbocycles. The highest BCUT2D eigenvalue weighted by molar-refractivity contribution is 5.80. The van der Waals surface area contributed by atoms with Crippen LogP contribution in [-0.4, -0.2) is 54.6 Å². The summed E-state index contributed by atoms with van der Waals surface area (Å²) in [6.45, 7) is 1.51. The molecule has 0 unspecified atom stereocenters. The minimum Gasteiger partial charge on any atom is -0.363 e. The number of carbonyl (C=O) groups is 1. The van der Waals surface area contributed by atoms with Crippen LogP contribution in [0.3, 0.4) is 0 Å². The van der Waals surface area contributed by atoms with Crippen LogP contribution in [-0.2, 0) is 16.1 Å². The molecule has 2 heterocycles. The predicted octanol–water partition coefficient (Wildman–Crippen LogP) is 2.04. The SMILES string of the molecule is CN(C)C(=O)[C@H]1CC[C@@H]2[C@@H](CCN2Cc2ccccc2F)O1. The first-order chi connectivity index (χ1) is 10.6. The maximum absolute atomic E-state index is 13.8. The van der Waals surface area contributed by atoms with E-state index in [0.29, 0.717) is 12.6 Å². The first-order valence-corrected chi connectivity index (χ1v) is 7.90. The van der Waals surface area contributed by atoms with Crippen LogP contribution in [0.4, 0.5) is 4.39 Å². The Balaban J connectivity index is 1.63. The van der Waals surface area contributed by atoms with Crippen molar-refractivity contribution in [3.8, 4) is 0 Å². The van der Waals surface area contributed by atoms with Crippen molar-refractivity contribution in [1.29, 1.82) is 0 Å². The number of benzene rings is 1. The van der Waals surface area contributed by atoms with E-state index in [4.69, 9.17) is 4.74 Å². The van der Waals surface area contributed by atoms with Gasteiger partial charge in [0, 0.05) is 38.8 Å². The lowest BCUT2D eigenvalue weighted by Crippen LogP contribution is -2.47. The van der Waals surface area contributed by atoms with Crippen molar-refractivity contribution >= 4 is 5.91 Å². The van der Waals surface area contributed by atoms with Crippen LogP contribution in [0.2, 0.25) is 0 Å². The van der Waals surface area contributed by atoms with Crippen molar-refractivity contribution in [2.24, 2.45) is 0 Å². The number of hydrogen-bond donors (Lipinski definition) is 0. The van der Waals surface area contributed by atoms with Gasteiger partial charge in [0.05, 0.1) is 6.10 Å². The number of rotatable bonds is 3. The second-order valence-electron chi connectivity index (χ2n) is 6.39. The predicted molar refractivity (Wildman–Crippen MR) is 81.8 cm³/mol. The number of ether oxygens (including phenoxy) is 1. The van der Waals surface area contributed by atoms with Gasteiger partial charge in [-0.1, -0.05) is 18.2 Å². The molecule has 120 valence electrons. The van der Waals surface area contributed by atoms with Crippen LogP contribution in [0.15, 0.2) is 24.3 Å². The van der Waals surface area contributed by atoms with Gasteiger partial charge < -0.3 is 9.64 Å². The average molecular weight is 306 g/mol. The first-order valence-electron chi connectivity index (χ1n) is 7.90. The quantitative estimate of drug-likeness (QED) is 0.857. The van der Waals surface area contributed by atoms with Crippen LogP contribution in [0, 0.1) is 5.82 Å². The van der Waals surface area contributed by atoms with Crippen molar-refractivity contribution in [2.45, 2.75) is 44.1 Å². The van der Waals surface area contributed by atoms with Crippen molar-refractivity contribution in [3.05, 3.63) is 35.6 Å². The molecule has 3 rings (SSSR count). The summed E-state index contributed by atoms with van der Waals surface area (Å²) in [5, 5.41) is 0. The molecule has 4 nitrogen and oxygen atoms in total. The summed E-state index contributed by atoms with van der Waals surface area (Å²) in [7, 11) is 3.52. The number of hydrogen-bond acceptors (Lipinski definition) is 3. The third kappa shape index (κ3) is 3.01. The third-order valence-corrected chi connectivity index (χ3v) is 4.71. The topological polar surface area (TPSA) is 32.8 Å². The number of amides is 1. The van der Waals surface area contributed by atoms with E-state index < -0.39 is 0 Å². The van der Waals surface area contributed by atoms with Crippen LogP contribution in [0.5, 0.6) is 0 Å². The second kappa shape index (κ2) is 6.34. The van der Waals surface area contributed by atoms with Crippen LogP contribution in [0.1, 0.15) is 24.8 Å². The number of likely N-dealkylation sites (tertiary alicyclic amines) is 1. The largest absolute Gasteiger partial charge is 0.363 e. The molecule has 0 spiro atoms. The van der Waals surface area contributed by atoms with Crippen molar-refractivity contribution in [3.63, 3.8) is 0 Å². The summed E-state index contributed by atoms with van der Waals surface area (Å²) in [6.07, 6.45) is 2.37. The van der Waals surface area contributed by atoms with E-state index in [1.165, 1.54) is 6.07 Å². The van der Waals surface area contributed by atoms with Gasteiger partial charge >= 0.3 is 0 Å². The fraction of sp³-hybridized carbons (Fsp3) is 0.588. The summed E-state index contributed by atoms with van der Waals surface area (Å²) in [6, 6.07) is 7.23. The summed E-state index contributed by atoms with van der Waals surface area (Å²) in [5.74, 6) is -0.102. The highest BCUT2D eigenvalue weighted by Gasteiger charge is 2.41. The normalized spacial score (nSPS) is 28.4. The molecule has 2 fully saturated rings. The average Bonchev–Trinajstić information content (AvgIpc) is 2.91. The second-order valence-corrected chi connectivity index (χ2v) is 6.39. The van der Waals surface area contributed by atoms with E-state index >= 15 is 0 Å². The van der Waals surface area contributed by atoms with Crippen molar-refractivity contribution in [2.75, 3.05) is 20.6 Å². The summed E-state index contributed by atoms with van der Waals surface area (Å²) < 4.78 is 19.8. The monoisotopic (exact) mass is 306 g/mol. The van der Waals surface area contributed by atoms with Gasteiger partial charge in [0.15, 0.2) is 0 Å². The molecule has 1 aromatic rings. The Morgan fingerprint density at radius 3 is 2.82 bits per heavy atom. The highest BCUT2D eigenvalue weighted by Crippen LogP contribution is 2.33. The van der Waals surface area contributed by atoms with Crippen LogP contribution < -0.4 is 0 Å². The lowest BCUT2D eigenvalue weighted by atomic mass is 9.98. The Morgan fingerprint density at radius 2 is 2.09 bits per heavy atom. The lowest BCUT2D eigenvalue weighted by Gasteiger charge is -2.36. The Bertz CT molecular complexity index is 549. The molecule has 2 saturated heterocycles. The van der Waals surface area contributed by atoms with Gasteiger partial charge in [-0.15, -0.1) is 0 Å². The van der Waals surface area contributed by atoms with Crippen LogP contribution in [0.25, 0.3) is 0 Å². The van der Waals surface area contributed by atoms with E-state index in [9.17, 15) is 9.18 Å². The standard InChI is InChI=1S/C17H23FN2O2/c1-19(2)17(21)16-8-7-14-15(22-16)9-10-20(14)11-12-5-3-4-6-13(12)18/h3-6,14-16H,7-11H2,1-2H3/t14-,15-,16-/m1/s1. The zero-order valence-corrected chi connectivity index (χ0v) is 13.2. The molecule has 0 radical (unpaired) electrons. The zero-order chi connectivity index (χ0) is 15.7. The lowest BCUT2D eigenvalue weighted by molar-refractivity contribution is -0.152. The Hall–Kier alpha value is -1.46. The molecule has 5 heteroatoms. The van der Waals surface area contributed by atoms with Gasteiger partial charge in [-0.3, -0.25) is 9.69 Å². The molecule has 2 aliphatic heterocycles. The molecule has 3 atom stereocenters. The molecule has 2 aliphatic rings. The molecule has 0 aromatic heterocycles. The fourth-order valence-electron chi connectivity index (χ4n) is 3.53. The van der Waals surface area contributed by atoms with E-state index in [1.54, 1.807) is 25.1 Å². The smallest absolute Gasteiger partial charge is 0.251 e. The zero-order valence-electron chi connectivity index (χ0n) is 13.2. The Labute approximate surface area is 130 Å². The molecule has 0 bridgehead atoms. The van der Waals surface area contributed by atoms with E-state index in [0.717, 1.165) is 31.4 Å². The number of likely N-dealkylation sites (N-methyl/N-ethyl adjacent to an activating group) is 1. The Kier molecular flexibility index (Phi) is 4.45. The maximum Gasteiger partial charge on any atom is 0.251 e. The van der Waals surface area contributed by atoms with Gasteiger partial charge in [-0.2, -0.15) is 0 Å². The van der Waals surface area contributed by atoms with E-state index in [-0.39, 0.29) is 23.9 Å². The number of halogens is 1. The van der Waals surface area contributed by atoms with E-state index in [1.807, 2.05) is 12.1 Å². The van der Waals surface area contributed by atoms with Crippen LogP contribution >= 0.6 is 0 Å². The maximum atomic E-state index is 13.8. The van der Waals surface area contributed by atoms with Gasteiger partial charge in [-0.25, -0.2) is 4.39 Å². The van der Waals surface area contributed by atoms with Gasteiger partial charge in [0.1, 0.15) is 11.9 Å². The molecule has 0 N–H and O–H groups in total. The van der Waals surface area contributed by atoms with Gasteiger partial charge in [0.2, 0.25) is 0 Å². The van der Waals surface area contributed by atoms with Crippen molar-refractivity contribution < 1.29 is 13.9 Å². The summed E-state index contributed by atoms with van der Waals surface area (Å²) in [5.41, 5.74) is 0.731. The number of fused-ring (bicyclic) bond motifs is 1. The molecule has 1 amide bonds. The third-order valence-electron chi connectivity index (χ3n) is 4.71. The van der Waals surface area contributed by atoms with Gasteiger partial charge in [0.25, 0.3) is 5.91 Å². The highest BCUT2D eigenvalue weighted by atomic mass is 19.1. The number of carbonyl (C=O) groups excluding carboxylic acids is 1. The number of nitrogens with zero attached hydrogens (tertiary/aromatic N) is 2. The Morgan fingerprint density at radius 1 is 1.32 bits per heavy atom. The minimum absolute atomic E-state index is 0.0472. The van der Waals surface area contributed by atoms with Crippen molar-refractivity contribution in [1.82, 2.24) is 9.80 Å². The summed E-state index contributed by atoms with van der Waals surface area (Å²) >= 11 is 0. The molecule has 0 saturated carbocycles. The molecule has 22 heavy (non-hydrogen) atoms. The first kappa shape index (κ1) is 15.4. The van der Waals surface area contributed by atoms with Gasteiger partial charge in [-0.05, 0) is 25.3 Å². The molecule has 1 aromatic carbocycles. The minimum atomic E-state index is -0.315. The van der Waals surface area contributed by atoms with E-state index in [2.05, 4.69) is 4.90 Å². The molecular formula is C17H23FN2O2. The molecular weight excluding hydrogens is 283 g/mol.